The minimum absolute atomic E-state index is 0.864. The van der Waals surface area contributed by atoms with Crippen molar-refractivity contribution in [2.45, 2.75) is 33.1 Å². The molecule has 0 amide bonds. The van der Waals surface area contributed by atoms with E-state index in [1.807, 2.05) is 4.94 Å². The first kappa shape index (κ1) is 9.27. The van der Waals surface area contributed by atoms with Crippen molar-refractivity contribution in [3.05, 3.63) is 11.0 Å². The lowest BCUT2D eigenvalue weighted by atomic mass is 10.1. The summed E-state index contributed by atoms with van der Waals surface area (Å²) in [4.78, 5) is 2.04. The van der Waals surface area contributed by atoms with Gasteiger partial charge in [0, 0.05) is 0 Å². The summed E-state index contributed by atoms with van der Waals surface area (Å²) in [6, 6.07) is 0. The molecule has 0 aromatic heterocycles. The molecule has 2 radical (unpaired) electrons. The van der Waals surface area contributed by atoms with Crippen LogP contribution in [0.2, 0.25) is 0 Å². The van der Waals surface area contributed by atoms with Gasteiger partial charge in [0.25, 0.3) is 0 Å². The Morgan fingerprint density at radius 2 is 2.11 bits per heavy atom. The highest BCUT2D eigenvalue weighted by molar-refractivity contribution is 6.16. The van der Waals surface area contributed by atoms with Gasteiger partial charge in [-0.3, -0.25) is 0 Å². The standard InChI is InChI=1S/C8H15.Al/c1-4-5-6-7-8(2)3;/h1,4,8H,5-7H2,2-3H3;. The Morgan fingerprint density at radius 1 is 1.44 bits per heavy atom. The first-order chi connectivity index (χ1) is 4.27. The molecule has 0 aliphatic rings. The van der Waals surface area contributed by atoms with Gasteiger partial charge in [0.05, 0.1) is 0 Å². The van der Waals surface area contributed by atoms with Crippen LogP contribution in [0.25, 0.3) is 0 Å². The van der Waals surface area contributed by atoms with Crippen molar-refractivity contribution in [1.82, 2.24) is 0 Å². The highest BCUT2D eigenvalue weighted by Gasteiger charge is 1.89. The van der Waals surface area contributed by atoms with E-state index >= 15 is 0 Å². The summed E-state index contributed by atoms with van der Waals surface area (Å²) in [5, 5.41) is 0. The molecule has 1 heteroatoms. The average Bonchev–Trinajstić information content (AvgIpc) is 1.80. The van der Waals surface area contributed by atoms with Gasteiger partial charge in [-0.1, -0.05) is 20.3 Å². The third-order valence-corrected chi connectivity index (χ3v) is 1.56. The van der Waals surface area contributed by atoms with E-state index < -0.39 is 0 Å². The van der Waals surface area contributed by atoms with Crippen LogP contribution in [0.1, 0.15) is 33.1 Å². The van der Waals surface area contributed by atoms with Crippen LogP contribution >= 0.6 is 0 Å². The summed E-state index contributed by atoms with van der Waals surface area (Å²) < 4.78 is 0. The largest absolute Gasteiger partial charge is 0.176 e. The van der Waals surface area contributed by atoms with Crippen molar-refractivity contribution in [3.63, 3.8) is 0 Å². The molecule has 0 saturated heterocycles. The Morgan fingerprint density at radius 3 is 2.56 bits per heavy atom. The van der Waals surface area contributed by atoms with Crippen molar-refractivity contribution < 1.29 is 0 Å². The molecule has 0 N–H and O–H groups in total. The highest BCUT2D eigenvalue weighted by Crippen LogP contribution is 2.05. The lowest BCUT2D eigenvalue weighted by molar-refractivity contribution is 0.560. The second-order valence-electron chi connectivity index (χ2n) is 2.75. The van der Waals surface area contributed by atoms with Crippen LogP contribution in [-0.2, 0) is 0 Å². The van der Waals surface area contributed by atoms with Crippen LogP contribution in [0.15, 0.2) is 11.0 Å². The van der Waals surface area contributed by atoms with Gasteiger partial charge < -0.3 is 0 Å². The second-order valence-corrected chi connectivity index (χ2v) is 3.14. The molecule has 0 nitrogen and oxygen atoms in total. The van der Waals surface area contributed by atoms with E-state index in [9.17, 15) is 0 Å². The van der Waals surface area contributed by atoms with Crippen LogP contribution in [0.4, 0.5) is 0 Å². The zero-order valence-electron chi connectivity index (χ0n) is 6.43. The quantitative estimate of drug-likeness (QED) is 0.413. The summed E-state index contributed by atoms with van der Waals surface area (Å²) in [5.41, 5.74) is 0. The lowest BCUT2D eigenvalue weighted by Gasteiger charge is -1.99. The Balaban J connectivity index is 2.91. The minimum atomic E-state index is 0.864. The molecule has 9 heavy (non-hydrogen) atoms. The number of hydrogen-bond acceptors (Lipinski definition) is 0. The van der Waals surface area contributed by atoms with E-state index in [2.05, 4.69) is 36.2 Å². The molecular weight excluding hydrogens is 123 g/mol. The maximum Gasteiger partial charge on any atom is 0.161 e. The Bertz CT molecular complexity index is 74.6. The highest BCUT2D eigenvalue weighted by atomic mass is 27.0. The summed E-state index contributed by atoms with van der Waals surface area (Å²) in [7, 11) is 0. The van der Waals surface area contributed by atoms with Gasteiger partial charge in [-0.05, 0) is 18.8 Å². The van der Waals surface area contributed by atoms with E-state index in [4.69, 9.17) is 0 Å². The van der Waals surface area contributed by atoms with Crippen molar-refractivity contribution in [2.75, 3.05) is 0 Å². The van der Waals surface area contributed by atoms with Crippen LogP contribution in [0.5, 0.6) is 0 Å². The first-order valence-corrected chi connectivity index (χ1v) is 4.30. The Labute approximate surface area is 66.8 Å². The van der Waals surface area contributed by atoms with E-state index in [0.717, 1.165) is 5.92 Å². The zero-order valence-corrected chi connectivity index (χ0v) is 7.59. The van der Waals surface area contributed by atoms with Crippen molar-refractivity contribution in [2.24, 2.45) is 5.92 Å². The number of unbranched alkanes of at least 4 members (excludes halogenated alkanes) is 1. The van der Waals surface area contributed by atoms with E-state index in [1.54, 1.807) is 0 Å². The smallest absolute Gasteiger partial charge is 0.161 e. The van der Waals surface area contributed by atoms with Gasteiger partial charge >= 0.3 is 0 Å². The molecule has 0 atom stereocenters. The molecule has 0 aliphatic carbocycles. The fourth-order valence-corrected chi connectivity index (χ4v) is 0.933. The number of allylic oxidation sites excluding steroid dienone is 1. The van der Waals surface area contributed by atoms with E-state index in [0.29, 0.717) is 0 Å². The SMILES string of the molecule is CC(C)CCC/C=[CH]\[Al]. The number of rotatable bonds is 4. The molecule has 0 rings (SSSR count). The fraction of sp³-hybridized carbons (Fsp3) is 0.750. The predicted octanol–water partition coefficient (Wildman–Crippen LogP) is 2.49. The molecule has 0 fully saturated rings. The molecule has 0 saturated carbocycles. The topological polar surface area (TPSA) is 0 Å². The Hall–Kier alpha value is 0.272. The average molecular weight is 138 g/mol. The molecule has 0 unspecified atom stereocenters. The second kappa shape index (κ2) is 6.39. The van der Waals surface area contributed by atoms with E-state index in [1.165, 1.54) is 19.3 Å². The van der Waals surface area contributed by atoms with Crippen LogP contribution in [-0.4, -0.2) is 16.3 Å². The third kappa shape index (κ3) is 8.27. The van der Waals surface area contributed by atoms with Crippen molar-refractivity contribution in [3.8, 4) is 0 Å². The van der Waals surface area contributed by atoms with Crippen LogP contribution in [0.3, 0.4) is 0 Å². The summed E-state index contributed by atoms with van der Waals surface area (Å²) >= 11 is 2.59. The van der Waals surface area contributed by atoms with Gasteiger partial charge in [0.2, 0.25) is 0 Å². The molecule has 50 valence electrons. The Kier molecular flexibility index (Phi) is 6.59. The molecule has 0 bridgehead atoms. The molecule has 0 aliphatic heterocycles. The van der Waals surface area contributed by atoms with Gasteiger partial charge in [-0.15, -0.1) is 6.08 Å². The molecule has 0 spiro atoms. The van der Waals surface area contributed by atoms with Gasteiger partial charge in [-0.25, -0.2) is 0 Å². The van der Waals surface area contributed by atoms with Gasteiger partial charge in [0.1, 0.15) is 0 Å². The molecule has 0 aromatic rings. The maximum atomic E-state index is 2.59. The fourth-order valence-electron chi connectivity index (χ4n) is 0.740. The van der Waals surface area contributed by atoms with Crippen molar-refractivity contribution in [1.29, 1.82) is 0 Å². The summed E-state index contributed by atoms with van der Waals surface area (Å²) in [5.74, 6) is 0.864. The maximum absolute atomic E-state index is 2.59. The van der Waals surface area contributed by atoms with Crippen molar-refractivity contribution >= 4 is 16.3 Å². The summed E-state index contributed by atoms with van der Waals surface area (Å²) in [6.07, 6.45) is 6.13. The predicted molar refractivity (Wildman–Crippen MR) is 43.6 cm³/mol. The summed E-state index contributed by atoms with van der Waals surface area (Å²) in [6.45, 7) is 4.54. The monoisotopic (exact) mass is 138 g/mol. The third-order valence-electron chi connectivity index (χ3n) is 1.29. The van der Waals surface area contributed by atoms with Crippen LogP contribution in [0, 0.1) is 5.92 Å². The lowest BCUT2D eigenvalue weighted by Crippen LogP contribution is -1.84. The first-order valence-electron chi connectivity index (χ1n) is 3.64. The van der Waals surface area contributed by atoms with Gasteiger partial charge in [-0.2, -0.15) is 4.94 Å². The molecular formula is C8H15Al. The van der Waals surface area contributed by atoms with Crippen LogP contribution < -0.4 is 0 Å². The van der Waals surface area contributed by atoms with E-state index in [-0.39, 0.29) is 0 Å². The normalized spacial score (nSPS) is 11.4. The zero-order chi connectivity index (χ0) is 7.11. The number of hydrogen-bond donors (Lipinski definition) is 0. The molecule has 0 aromatic carbocycles. The van der Waals surface area contributed by atoms with Gasteiger partial charge in [0.15, 0.2) is 16.3 Å². The minimum Gasteiger partial charge on any atom is -0.176 e. The molecule has 0 heterocycles.